The molecule has 0 saturated heterocycles. The molecule has 8 heteroatoms. The summed E-state index contributed by atoms with van der Waals surface area (Å²) >= 11 is 0. The highest BCUT2D eigenvalue weighted by Crippen LogP contribution is 2.50. The van der Waals surface area contributed by atoms with E-state index in [2.05, 4.69) is 0 Å². The maximum Gasteiger partial charge on any atom is 0.474 e. The molecule has 0 aliphatic rings. The molecular weight excluding hydrogens is 575 g/mol. The fourth-order valence-electron chi connectivity index (χ4n) is 4.32. The molecule has 0 fully saturated rings. The molecular formula is C36H69O7P. The second-order valence-corrected chi connectivity index (χ2v) is 13.2. The number of rotatable bonds is 33. The average molecular weight is 645 g/mol. The quantitative estimate of drug-likeness (QED) is 0.0400. The summed E-state index contributed by atoms with van der Waals surface area (Å²) in [5.74, 6) is 2.97. The summed E-state index contributed by atoms with van der Waals surface area (Å²) < 4.78 is 47.5. The maximum absolute atomic E-state index is 13.4. The zero-order valence-corrected chi connectivity index (χ0v) is 30.4. The third-order valence-corrected chi connectivity index (χ3v) is 9.07. The van der Waals surface area contributed by atoms with Gasteiger partial charge in [-0.2, -0.15) is 0 Å². The molecule has 7 nitrogen and oxygen atoms in total. The van der Waals surface area contributed by atoms with E-state index in [9.17, 15) is 4.57 Å². The van der Waals surface area contributed by atoms with Crippen molar-refractivity contribution in [2.45, 2.75) is 157 Å². The average Bonchev–Trinajstić information content (AvgIpc) is 3.03. The van der Waals surface area contributed by atoms with E-state index < -0.39 is 7.82 Å². The van der Waals surface area contributed by atoms with Crippen molar-refractivity contribution in [3.8, 4) is 0 Å². The van der Waals surface area contributed by atoms with Gasteiger partial charge in [-0.15, -0.1) is 0 Å². The molecule has 44 heavy (non-hydrogen) atoms. The van der Waals surface area contributed by atoms with Crippen LogP contribution in [0.5, 0.6) is 0 Å². The first-order chi connectivity index (χ1) is 21.4. The zero-order chi connectivity index (χ0) is 32.6. The van der Waals surface area contributed by atoms with Crippen LogP contribution < -0.4 is 0 Å². The summed E-state index contributed by atoms with van der Waals surface area (Å²) in [6, 6.07) is 0. The van der Waals surface area contributed by atoms with Crippen molar-refractivity contribution in [3.05, 3.63) is 35.5 Å². The molecule has 0 N–H and O–H groups in total. The number of hydrogen-bond donors (Lipinski definition) is 0. The van der Waals surface area contributed by atoms with Gasteiger partial charge in [-0.25, -0.2) is 4.57 Å². The van der Waals surface area contributed by atoms with Crippen molar-refractivity contribution >= 4 is 7.82 Å². The number of phosphoric ester groups is 1. The highest BCUT2D eigenvalue weighted by Gasteiger charge is 2.26. The van der Waals surface area contributed by atoms with E-state index in [4.69, 9.17) is 27.8 Å². The van der Waals surface area contributed by atoms with Crippen molar-refractivity contribution in [1.29, 1.82) is 0 Å². The number of phosphoric acid groups is 1. The van der Waals surface area contributed by atoms with Crippen LogP contribution in [0, 0.1) is 0 Å². The SMILES string of the molecule is C/C=C(\C)OCCCCCCCCOP(=O)(OCCCCCCCCO/C(C)=C/C)OCCCCCCCCO/C(C)=C/C. The highest BCUT2D eigenvalue weighted by atomic mass is 31.2. The Morgan fingerprint density at radius 1 is 0.386 bits per heavy atom. The third-order valence-electron chi connectivity index (χ3n) is 7.57. The Labute approximate surface area is 272 Å². The van der Waals surface area contributed by atoms with Crippen LogP contribution in [0.3, 0.4) is 0 Å². The Balaban J connectivity index is 4.19. The first-order valence-electron chi connectivity index (χ1n) is 17.7. The molecule has 0 bridgehead atoms. The summed E-state index contributed by atoms with van der Waals surface area (Å²) in [5, 5.41) is 0. The summed E-state index contributed by atoms with van der Waals surface area (Å²) in [7, 11) is -3.53. The van der Waals surface area contributed by atoms with Crippen LogP contribution in [0.15, 0.2) is 35.5 Å². The molecule has 0 aromatic rings. The Kier molecular flexibility index (Phi) is 30.8. The Morgan fingerprint density at radius 2 is 0.591 bits per heavy atom. The van der Waals surface area contributed by atoms with Gasteiger partial charge in [-0.1, -0.05) is 95.3 Å². The minimum atomic E-state index is -3.53. The Morgan fingerprint density at radius 3 is 0.818 bits per heavy atom. The van der Waals surface area contributed by atoms with E-state index in [1.54, 1.807) is 0 Å². The number of ether oxygens (including phenoxy) is 3. The van der Waals surface area contributed by atoms with Gasteiger partial charge in [-0.05, 0) is 80.1 Å². The van der Waals surface area contributed by atoms with Crippen molar-refractivity contribution < 1.29 is 32.3 Å². The van der Waals surface area contributed by atoms with Gasteiger partial charge in [0.2, 0.25) is 0 Å². The molecule has 0 rings (SSSR count). The maximum atomic E-state index is 13.4. The Bertz CT molecular complexity index is 679. The van der Waals surface area contributed by atoms with E-state index in [0.29, 0.717) is 19.8 Å². The predicted octanol–water partition coefficient (Wildman–Crippen LogP) is 12.0. The monoisotopic (exact) mass is 644 g/mol. The zero-order valence-electron chi connectivity index (χ0n) is 29.5. The van der Waals surface area contributed by atoms with E-state index >= 15 is 0 Å². The van der Waals surface area contributed by atoms with Gasteiger partial charge in [0.15, 0.2) is 0 Å². The summed E-state index contributed by atoms with van der Waals surface area (Å²) in [6.45, 7) is 15.5. The fourth-order valence-corrected chi connectivity index (χ4v) is 5.61. The van der Waals surface area contributed by atoms with Gasteiger partial charge in [-0.3, -0.25) is 13.6 Å². The van der Waals surface area contributed by atoms with Gasteiger partial charge in [0, 0.05) is 0 Å². The highest BCUT2D eigenvalue weighted by molar-refractivity contribution is 7.48. The molecule has 260 valence electrons. The normalized spacial score (nSPS) is 13.0. The molecule has 0 aliphatic carbocycles. The van der Waals surface area contributed by atoms with E-state index in [0.717, 1.165) is 133 Å². The second-order valence-electron chi connectivity index (χ2n) is 11.6. The van der Waals surface area contributed by atoms with Crippen molar-refractivity contribution in [3.63, 3.8) is 0 Å². The van der Waals surface area contributed by atoms with E-state index in [-0.39, 0.29) is 0 Å². The van der Waals surface area contributed by atoms with Crippen molar-refractivity contribution in [1.82, 2.24) is 0 Å². The van der Waals surface area contributed by atoms with Crippen molar-refractivity contribution in [2.75, 3.05) is 39.6 Å². The molecule has 0 aromatic heterocycles. The number of unbranched alkanes of at least 4 members (excludes halogenated alkanes) is 15. The van der Waals surface area contributed by atoms with Crippen LogP contribution in [0.2, 0.25) is 0 Å². The van der Waals surface area contributed by atoms with Crippen LogP contribution in [-0.4, -0.2) is 39.6 Å². The first kappa shape index (κ1) is 42.7. The van der Waals surface area contributed by atoms with Crippen LogP contribution in [-0.2, 0) is 32.3 Å². The lowest BCUT2D eigenvalue weighted by Gasteiger charge is -2.18. The van der Waals surface area contributed by atoms with Crippen molar-refractivity contribution in [2.24, 2.45) is 0 Å². The van der Waals surface area contributed by atoms with E-state index in [1.807, 2.05) is 59.8 Å². The van der Waals surface area contributed by atoms with Gasteiger partial charge in [0.1, 0.15) is 0 Å². The van der Waals surface area contributed by atoms with Crippen LogP contribution in [0.4, 0.5) is 0 Å². The molecule has 0 radical (unpaired) electrons. The lowest BCUT2D eigenvalue weighted by molar-refractivity contribution is 0.108. The molecule has 0 atom stereocenters. The summed E-state index contributed by atoms with van der Waals surface area (Å²) in [6.07, 6.45) is 25.4. The topological polar surface area (TPSA) is 72.5 Å². The molecule has 0 spiro atoms. The lowest BCUT2D eigenvalue weighted by Crippen LogP contribution is -2.04. The first-order valence-corrected chi connectivity index (χ1v) is 19.1. The molecule has 0 heterocycles. The molecule has 0 saturated carbocycles. The van der Waals surface area contributed by atoms with Gasteiger partial charge in [0.05, 0.1) is 56.9 Å². The van der Waals surface area contributed by atoms with Gasteiger partial charge < -0.3 is 14.2 Å². The van der Waals surface area contributed by atoms with Gasteiger partial charge >= 0.3 is 7.82 Å². The molecule has 0 aromatic carbocycles. The third kappa shape index (κ3) is 29.4. The molecule has 0 aliphatic heterocycles. The lowest BCUT2D eigenvalue weighted by atomic mass is 10.1. The minimum Gasteiger partial charge on any atom is -0.499 e. The summed E-state index contributed by atoms with van der Waals surface area (Å²) in [4.78, 5) is 0. The standard InChI is InChI=1S/C36H69O7P/c1-7-34(4)38-28-22-16-10-13-19-25-31-41-44(37,42-32-26-20-14-11-17-23-29-39-35(5)8-2)43-33-27-21-15-12-18-24-30-40-36(6)9-3/h7-9H,10-33H2,1-6H3/b34-7+,35-8+,36-9+. The summed E-state index contributed by atoms with van der Waals surface area (Å²) in [5.41, 5.74) is 0. The number of allylic oxidation sites excluding steroid dienone is 6. The van der Waals surface area contributed by atoms with Crippen LogP contribution in [0.1, 0.15) is 157 Å². The fraction of sp³-hybridized carbons (Fsp3) is 0.833. The largest absolute Gasteiger partial charge is 0.499 e. The minimum absolute atomic E-state index is 0.407. The molecule has 0 unspecified atom stereocenters. The van der Waals surface area contributed by atoms with Crippen LogP contribution >= 0.6 is 7.82 Å². The predicted molar refractivity (Wildman–Crippen MR) is 185 cm³/mol. The smallest absolute Gasteiger partial charge is 0.474 e. The van der Waals surface area contributed by atoms with Gasteiger partial charge in [0.25, 0.3) is 0 Å². The number of hydrogen-bond acceptors (Lipinski definition) is 7. The Hall–Kier alpha value is -1.27. The van der Waals surface area contributed by atoms with E-state index in [1.165, 1.54) is 19.3 Å². The second kappa shape index (κ2) is 31.7. The molecule has 0 amide bonds. The van der Waals surface area contributed by atoms with Crippen LogP contribution in [0.25, 0.3) is 0 Å².